The van der Waals surface area contributed by atoms with Gasteiger partial charge < -0.3 is 10.8 Å². The van der Waals surface area contributed by atoms with Crippen molar-refractivity contribution in [1.82, 2.24) is 4.90 Å². The minimum absolute atomic E-state index is 0.212. The van der Waals surface area contributed by atoms with E-state index in [1.807, 2.05) is 17.0 Å². The van der Waals surface area contributed by atoms with Gasteiger partial charge in [-0.25, -0.2) is 0 Å². The monoisotopic (exact) mass is 314 g/mol. The highest BCUT2D eigenvalue weighted by molar-refractivity contribution is 9.10. The van der Waals surface area contributed by atoms with Gasteiger partial charge in [-0.3, -0.25) is 9.69 Å². The van der Waals surface area contributed by atoms with Gasteiger partial charge in [0, 0.05) is 13.1 Å². The number of primary amides is 1. The lowest BCUT2D eigenvalue weighted by atomic mass is 10.1. The van der Waals surface area contributed by atoms with Gasteiger partial charge in [0.15, 0.2) is 0 Å². The maximum atomic E-state index is 11.0. The number of benzene rings is 1. The van der Waals surface area contributed by atoms with Crippen LogP contribution in [0.3, 0.4) is 0 Å². The Labute approximate surface area is 116 Å². The summed E-state index contributed by atoms with van der Waals surface area (Å²) in [6.45, 7) is 5.89. The van der Waals surface area contributed by atoms with Gasteiger partial charge in [-0.2, -0.15) is 0 Å². The van der Waals surface area contributed by atoms with E-state index in [9.17, 15) is 9.90 Å². The van der Waals surface area contributed by atoms with Crippen molar-refractivity contribution >= 4 is 21.8 Å². The van der Waals surface area contributed by atoms with Crippen molar-refractivity contribution < 1.29 is 9.90 Å². The third kappa shape index (κ3) is 5.06. The zero-order valence-corrected chi connectivity index (χ0v) is 12.3. The Hall–Kier alpha value is -1.07. The summed E-state index contributed by atoms with van der Waals surface area (Å²) < 4.78 is 0.656. The third-order valence-corrected chi connectivity index (χ3v) is 3.06. The lowest BCUT2D eigenvalue weighted by Gasteiger charge is -2.23. The Bertz CT molecular complexity index is 421. The molecule has 0 atom stereocenters. The minimum Gasteiger partial charge on any atom is -0.507 e. The lowest BCUT2D eigenvalue weighted by Crippen LogP contribution is -2.35. The minimum atomic E-state index is -0.325. The van der Waals surface area contributed by atoms with E-state index in [4.69, 9.17) is 5.73 Å². The fraction of sp³-hybridized carbons (Fsp3) is 0.462. The van der Waals surface area contributed by atoms with Crippen molar-refractivity contribution in [2.24, 2.45) is 11.7 Å². The zero-order chi connectivity index (χ0) is 13.7. The van der Waals surface area contributed by atoms with Crippen molar-refractivity contribution in [1.29, 1.82) is 0 Å². The van der Waals surface area contributed by atoms with Gasteiger partial charge >= 0.3 is 0 Å². The van der Waals surface area contributed by atoms with Crippen LogP contribution in [0, 0.1) is 5.92 Å². The number of carbonyl (C=O) groups is 1. The maximum Gasteiger partial charge on any atom is 0.231 e. The number of nitrogens with zero attached hydrogens (tertiary/aromatic N) is 1. The van der Waals surface area contributed by atoms with Gasteiger partial charge in [0.25, 0.3) is 0 Å². The van der Waals surface area contributed by atoms with E-state index < -0.39 is 0 Å². The third-order valence-electron chi connectivity index (χ3n) is 2.42. The van der Waals surface area contributed by atoms with Gasteiger partial charge in [-0.1, -0.05) is 19.9 Å². The summed E-state index contributed by atoms with van der Waals surface area (Å²) >= 11 is 3.28. The molecule has 0 aliphatic heterocycles. The number of carbonyl (C=O) groups excluding carboxylic acids is 1. The molecule has 100 valence electrons. The summed E-state index contributed by atoms with van der Waals surface area (Å²) in [6.07, 6.45) is 0. The van der Waals surface area contributed by atoms with Crippen LogP contribution in [0.4, 0.5) is 0 Å². The van der Waals surface area contributed by atoms with E-state index in [0.717, 1.165) is 12.1 Å². The first-order valence-electron chi connectivity index (χ1n) is 5.86. The Morgan fingerprint density at radius 1 is 1.50 bits per heavy atom. The number of rotatable bonds is 6. The van der Waals surface area contributed by atoms with E-state index in [1.165, 1.54) is 0 Å². The van der Waals surface area contributed by atoms with Crippen LogP contribution in [0.2, 0.25) is 0 Å². The van der Waals surface area contributed by atoms with E-state index in [1.54, 1.807) is 6.07 Å². The molecule has 1 aromatic rings. The molecular formula is C13H19BrN2O2. The fourth-order valence-electron chi connectivity index (χ4n) is 1.83. The topological polar surface area (TPSA) is 66.6 Å². The first kappa shape index (κ1) is 15.0. The van der Waals surface area contributed by atoms with E-state index in [2.05, 4.69) is 29.8 Å². The van der Waals surface area contributed by atoms with Crippen molar-refractivity contribution in [3.63, 3.8) is 0 Å². The smallest absolute Gasteiger partial charge is 0.231 e. The first-order valence-corrected chi connectivity index (χ1v) is 6.66. The largest absolute Gasteiger partial charge is 0.507 e. The summed E-state index contributed by atoms with van der Waals surface area (Å²) in [7, 11) is 0. The first-order chi connectivity index (χ1) is 8.38. The predicted octanol–water partition coefficient (Wildman–Crippen LogP) is 2.10. The SMILES string of the molecule is CC(C)CN(CC(N)=O)Cc1ccc(O)c(Br)c1. The van der Waals surface area contributed by atoms with Crippen molar-refractivity contribution in [3.8, 4) is 5.75 Å². The second kappa shape index (κ2) is 6.75. The average Bonchev–Trinajstić information content (AvgIpc) is 2.21. The summed E-state index contributed by atoms with van der Waals surface area (Å²) in [6, 6.07) is 5.33. The van der Waals surface area contributed by atoms with Gasteiger partial charge in [0.1, 0.15) is 5.75 Å². The van der Waals surface area contributed by atoms with E-state index in [0.29, 0.717) is 16.9 Å². The fourth-order valence-corrected chi connectivity index (χ4v) is 2.25. The van der Waals surface area contributed by atoms with Crippen LogP contribution < -0.4 is 5.73 Å². The molecule has 0 bridgehead atoms. The highest BCUT2D eigenvalue weighted by atomic mass is 79.9. The molecule has 0 aliphatic carbocycles. The molecule has 1 aromatic carbocycles. The number of phenols is 1. The molecule has 0 spiro atoms. The Kier molecular flexibility index (Phi) is 5.62. The molecular weight excluding hydrogens is 296 g/mol. The molecule has 1 amide bonds. The molecule has 5 heteroatoms. The number of hydrogen-bond acceptors (Lipinski definition) is 3. The highest BCUT2D eigenvalue weighted by Crippen LogP contribution is 2.24. The molecule has 18 heavy (non-hydrogen) atoms. The molecule has 0 saturated heterocycles. The Morgan fingerprint density at radius 3 is 2.67 bits per heavy atom. The molecule has 0 heterocycles. The van der Waals surface area contributed by atoms with Gasteiger partial charge in [-0.15, -0.1) is 0 Å². The zero-order valence-electron chi connectivity index (χ0n) is 10.7. The highest BCUT2D eigenvalue weighted by Gasteiger charge is 2.11. The summed E-state index contributed by atoms with van der Waals surface area (Å²) in [5.74, 6) is 0.350. The van der Waals surface area contributed by atoms with Crippen LogP contribution in [0.15, 0.2) is 22.7 Å². The Morgan fingerprint density at radius 2 is 2.17 bits per heavy atom. The molecule has 0 radical (unpaired) electrons. The predicted molar refractivity (Wildman–Crippen MR) is 75.1 cm³/mol. The molecule has 0 unspecified atom stereocenters. The van der Waals surface area contributed by atoms with Crippen molar-refractivity contribution in [2.45, 2.75) is 20.4 Å². The van der Waals surface area contributed by atoms with Gasteiger partial charge in [-0.05, 0) is 39.5 Å². The molecule has 0 fully saturated rings. The van der Waals surface area contributed by atoms with Gasteiger partial charge in [0.05, 0.1) is 11.0 Å². The average molecular weight is 315 g/mol. The summed E-state index contributed by atoms with van der Waals surface area (Å²) in [5.41, 5.74) is 6.28. The molecule has 0 aliphatic rings. The maximum absolute atomic E-state index is 11.0. The number of nitrogens with two attached hydrogens (primary N) is 1. The van der Waals surface area contributed by atoms with Crippen LogP contribution in [-0.2, 0) is 11.3 Å². The van der Waals surface area contributed by atoms with Crippen LogP contribution in [0.25, 0.3) is 0 Å². The number of phenolic OH excluding ortho intramolecular Hbond substituents is 1. The number of hydrogen-bond donors (Lipinski definition) is 2. The van der Waals surface area contributed by atoms with Crippen LogP contribution >= 0.6 is 15.9 Å². The Balaban J connectivity index is 2.74. The van der Waals surface area contributed by atoms with Gasteiger partial charge in [0.2, 0.25) is 5.91 Å². The van der Waals surface area contributed by atoms with Crippen molar-refractivity contribution in [3.05, 3.63) is 28.2 Å². The standard InChI is InChI=1S/C13H19BrN2O2/c1-9(2)6-16(8-13(15)18)7-10-3-4-12(17)11(14)5-10/h3-5,9,17H,6-8H2,1-2H3,(H2,15,18). The second-order valence-corrected chi connectivity index (χ2v) is 5.67. The number of amides is 1. The van der Waals surface area contributed by atoms with E-state index >= 15 is 0 Å². The molecule has 0 aromatic heterocycles. The molecule has 1 rings (SSSR count). The van der Waals surface area contributed by atoms with Crippen molar-refractivity contribution in [2.75, 3.05) is 13.1 Å². The molecule has 0 saturated carbocycles. The van der Waals surface area contributed by atoms with Crippen LogP contribution in [0.5, 0.6) is 5.75 Å². The van der Waals surface area contributed by atoms with E-state index in [-0.39, 0.29) is 18.2 Å². The quantitative estimate of drug-likeness (QED) is 0.845. The number of halogens is 1. The lowest BCUT2D eigenvalue weighted by molar-refractivity contribution is -0.119. The normalized spacial score (nSPS) is 11.2. The van der Waals surface area contributed by atoms with Crippen LogP contribution in [0.1, 0.15) is 19.4 Å². The summed E-state index contributed by atoms with van der Waals surface area (Å²) in [4.78, 5) is 13.0. The number of aromatic hydroxyl groups is 1. The summed E-state index contributed by atoms with van der Waals surface area (Å²) in [5, 5.41) is 9.43. The molecule has 3 N–H and O–H groups in total. The van der Waals surface area contributed by atoms with Crippen LogP contribution in [-0.4, -0.2) is 29.0 Å². The second-order valence-electron chi connectivity index (χ2n) is 4.82. The molecule has 4 nitrogen and oxygen atoms in total.